The van der Waals surface area contributed by atoms with E-state index in [1.54, 1.807) is 6.92 Å². The Bertz CT molecular complexity index is 595. The third-order valence-corrected chi connectivity index (χ3v) is 3.71. The van der Waals surface area contributed by atoms with Gasteiger partial charge in [0.15, 0.2) is 5.78 Å². The fourth-order valence-electron chi connectivity index (χ4n) is 2.79. The molecule has 2 aromatic rings. The Labute approximate surface area is 107 Å². The minimum absolute atomic E-state index is 0.126. The molecule has 0 unspecified atom stereocenters. The first-order chi connectivity index (χ1) is 8.74. The second-order valence-electron chi connectivity index (χ2n) is 5.03. The summed E-state index contributed by atoms with van der Waals surface area (Å²) in [5.74, 6) is 0.126. The van der Waals surface area contributed by atoms with E-state index >= 15 is 0 Å². The predicted octanol–water partition coefficient (Wildman–Crippen LogP) is 3.23. The lowest BCUT2D eigenvalue weighted by molar-refractivity contribution is 0.100. The molecule has 1 aromatic carbocycles. The molecule has 1 aromatic heterocycles. The molecule has 3 rings (SSSR count). The summed E-state index contributed by atoms with van der Waals surface area (Å²) in [6.07, 6.45) is 5.68. The number of ketones is 1. The summed E-state index contributed by atoms with van der Waals surface area (Å²) >= 11 is 0. The number of aromatic nitrogens is 1. The molecular formula is C16H17NO. The largest absolute Gasteiger partial charge is 0.341 e. The van der Waals surface area contributed by atoms with Crippen molar-refractivity contribution < 1.29 is 4.79 Å². The Morgan fingerprint density at radius 3 is 2.89 bits per heavy atom. The first-order valence-electron chi connectivity index (χ1n) is 6.51. The van der Waals surface area contributed by atoms with E-state index in [2.05, 4.69) is 18.2 Å². The van der Waals surface area contributed by atoms with Gasteiger partial charge in [0.1, 0.15) is 0 Å². The fraction of sp³-hybridized carbons (Fsp3) is 0.312. The number of Topliss-reactive ketones (excluding diaryl/α,β-unsaturated/α-hetero) is 1. The van der Waals surface area contributed by atoms with Crippen LogP contribution in [0.25, 0.3) is 0 Å². The van der Waals surface area contributed by atoms with Crippen molar-refractivity contribution in [3.63, 3.8) is 0 Å². The summed E-state index contributed by atoms with van der Waals surface area (Å²) < 4.78 is 2.03. The fourth-order valence-corrected chi connectivity index (χ4v) is 2.79. The molecule has 0 fully saturated rings. The number of carbonyl (C=O) groups excluding carboxylic acids is 1. The lowest BCUT2D eigenvalue weighted by atomic mass is 10.1. The third-order valence-electron chi connectivity index (χ3n) is 3.71. The van der Waals surface area contributed by atoms with E-state index in [1.807, 2.05) is 22.9 Å². The molecule has 2 heteroatoms. The van der Waals surface area contributed by atoms with E-state index in [0.717, 1.165) is 12.2 Å². The topological polar surface area (TPSA) is 22.0 Å². The maximum Gasteiger partial charge on any atom is 0.176 e. The van der Waals surface area contributed by atoms with Crippen molar-refractivity contribution in [1.82, 2.24) is 4.57 Å². The zero-order chi connectivity index (χ0) is 12.5. The summed E-state index contributed by atoms with van der Waals surface area (Å²) in [5, 5.41) is 0. The second-order valence-corrected chi connectivity index (χ2v) is 5.03. The van der Waals surface area contributed by atoms with Gasteiger partial charge in [-0.2, -0.15) is 0 Å². The molecule has 0 radical (unpaired) electrons. The minimum Gasteiger partial charge on any atom is -0.341 e. The highest BCUT2D eigenvalue weighted by atomic mass is 16.1. The zero-order valence-corrected chi connectivity index (χ0v) is 10.6. The Balaban J connectivity index is 1.88. The average Bonchev–Trinajstić information content (AvgIpc) is 2.96. The van der Waals surface area contributed by atoms with Crippen LogP contribution >= 0.6 is 0 Å². The van der Waals surface area contributed by atoms with E-state index < -0.39 is 0 Å². The lowest BCUT2D eigenvalue weighted by Gasteiger charge is -2.09. The van der Waals surface area contributed by atoms with Crippen molar-refractivity contribution in [1.29, 1.82) is 0 Å². The van der Waals surface area contributed by atoms with Crippen LogP contribution in [0.15, 0.2) is 36.5 Å². The van der Waals surface area contributed by atoms with Gasteiger partial charge < -0.3 is 4.57 Å². The number of rotatable bonds is 3. The quantitative estimate of drug-likeness (QED) is 0.754. The smallest absolute Gasteiger partial charge is 0.176 e. The summed E-state index contributed by atoms with van der Waals surface area (Å²) in [7, 11) is 0. The average molecular weight is 239 g/mol. The Morgan fingerprint density at radius 1 is 1.22 bits per heavy atom. The van der Waals surface area contributed by atoms with E-state index in [4.69, 9.17) is 0 Å². The first-order valence-corrected chi connectivity index (χ1v) is 6.51. The van der Waals surface area contributed by atoms with Crippen LogP contribution in [0, 0.1) is 0 Å². The Kier molecular flexibility index (Phi) is 2.78. The van der Waals surface area contributed by atoms with Crippen LogP contribution in [-0.4, -0.2) is 10.4 Å². The summed E-state index contributed by atoms with van der Waals surface area (Å²) in [6, 6.07) is 10.6. The van der Waals surface area contributed by atoms with Crippen molar-refractivity contribution in [3.8, 4) is 0 Å². The zero-order valence-electron chi connectivity index (χ0n) is 10.6. The van der Waals surface area contributed by atoms with Crippen LogP contribution < -0.4 is 0 Å². The molecule has 1 heterocycles. The molecule has 0 saturated carbocycles. The monoisotopic (exact) mass is 239 g/mol. The Hall–Kier alpha value is -1.83. The molecule has 0 saturated heterocycles. The van der Waals surface area contributed by atoms with Crippen LogP contribution in [0.1, 0.15) is 40.5 Å². The summed E-state index contributed by atoms with van der Waals surface area (Å²) in [4.78, 5) is 11.5. The van der Waals surface area contributed by atoms with Crippen LogP contribution in [0.4, 0.5) is 0 Å². The van der Waals surface area contributed by atoms with E-state index in [9.17, 15) is 4.79 Å². The molecule has 1 aliphatic rings. The molecule has 0 aliphatic heterocycles. The number of aryl methyl sites for hydroxylation is 2. The van der Waals surface area contributed by atoms with Crippen molar-refractivity contribution >= 4 is 5.78 Å². The maximum atomic E-state index is 11.5. The van der Waals surface area contributed by atoms with Gasteiger partial charge in [0.05, 0.1) is 5.69 Å². The van der Waals surface area contributed by atoms with Gasteiger partial charge in [-0.25, -0.2) is 0 Å². The van der Waals surface area contributed by atoms with Gasteiger partial charge in [0.25, 0.3) is 0 Å². The van der Waals surface area contributed by atoms with Gasteiger partial charge in [-0.05, 0) is 48.1 Å². The van der Waals surface area contributed by atoms with Gasteiger partial charge >= 0.3 is 0 Å². The van der Waals surface area contributed by atoms with Gasteiger partial charge in [0.2, 0.25) is 0 Å². The molecule has 0 amide bonds. The van der Waals surface area contributed by atoms with Gasteiger partial charge in [-0.3, -0.25) is 4.79 Å². The molecule has 1 aliphatic carbocycles. The summed E-state index contributed by atoms with van der Waals surface area (Å²) in [5.41, 5.74) is 5.06. The third kappa shape index (κ3) is 1.99. The molecule has 92 valence electrons. The van der Waals surface area contributed by atoms with Crippen LogP contribution in [0.3, 0.4) is 0 Å². The molecule has 0 N–H and O–H groups in total. The van der Waals surface area contributed by atoms with Crippen molar-refractivity contribution in [2.24, 2.45) is 0 Å². The normalized spacial score (nSPS) is 13.6. The van der Waals surface area contributed by atoms with Crippen molar-refractivity contribution in [2.45, 2.75) is 32.7 Å². The highest BCUT2D eigenvalue weighted by Gasteiger charge is 2.12. The highest BCUT2D eigenvalue weighted by Crippen LogP contribution is 2.23. The number of benzene rings is 1. The second kappa shape index (κ2) is 4.45. The molecule has 2 nitrogen and oxygen atoms in total. The number of nitrogens with zero attached hydrogens (tertiary/aromatic N) is 1. The maximum absolute atomic E-state index is 11.5. The van der Waals surface area contributed by atoms with E-state index in [-0.39, 0.29) is 5.78 Å². The van der Waals surface area contributed by atoms with Gasteiger partial charge in [0, 0.05) is 19.7 Å². The van der Waals surface area contributed by atoms with Crippen LogP contribution in [0.2, 0.25) is 0 Å². The predicted molar refractivity (Wildman–Crippen MR) is 72.0 cm³/mol. The highest BCUT2D eigenvalue weighted by molar-refractivity contribution is 5.92. The van der Waals surface area contributed by atoms with E-state index in [0.29, 0.717) is 0 Å². The lowest BCUT2D eigenvalue weighted by Crippen LogP contribution is -2.06. The number of hydrogen-bond acceptors (Lipinski definition) is 1. The van der Waals surface area contributed by atoms with E-state index in [1.165, 1.54) is 36.0 Å². The Morgan fingerprint density at radius 2 is 2.06 bits per heavy atom. The minimum atomic E-state index is 0.126. The summed E-state index contributed by atoms with van der Waals surface area (Å²) in [6.45, 7) is 2.41. The number of fused-ring (bicyclic) bond motifs is 1. The molecular weight excluding hydrogens is 222 g/mol. The number of carbonyl (C=O) groups is 1. The van der Waals surface area contributed by atoms with Crippen molar-refractivity contribution in [3.05, 3.63) is 58.9 Å². The van der Waals surface area contributed by atoms with Crippen LogP contribution in [-0.2, 0) is 19.4 Å². The van der Waals surface area contributed by atoms with Gasteiger partial charge in [-0.15, -0.1) is 0 Å². The van der Waals surface area contributed by atoms with Crippen molar-refractivity contribution in [2.75, 3.05) is 0 Å². The van der Waals surface area contributed by atoms with Gasteiger partial charge in [-0.1, -0.05) is 18.2 Å². The first kappa shape index (κ1) is 11.3. The number of hydrogen-bond donors (Lipinski definition) is 0. The molecule has 0 spiro atoms. The molecule has 0 atom stereocenters. The molecule has 0 bridgehead atoms. The standard InChI is InChI=1S/C16H17NO/c1-12(18)16-6-3-9-17(16)11-13-7-8-14-4-2-5-15(14)10-13/h3,6-10H,2,4-5,11H2,1H3. The molecule has 18 heavy (non-hydrogen) atoms. The van der Waals surface area contributed by atoms with Crippen LogP contribution in [0.5, 0.6) is 0 Å². The SMILES string of the molecule is CC(=O)c1cccn1Cc1ccc2c(c1)CCC2.